The van der Waals surface area contributed by atoms with Gasteiger partial charge in [-0.05, 0) is 19.1 Å². The Labute approximate surface area is 88.2 Å². The van der Waals surface area contributed by atoms with Crippen LogP contribution < -0.4 is 0 Å². The Balaban J connectivity index is 3.17. The molecule has 0 amide bonds. The minimum atomic E-state index is -0.405. The van der Waals surface area contributed by atoms with E-state index in [0.717, 1.165) is 0 Å². The second kappa shape index (κ2) is 4.54. The minimum absolute atomic E-state index is 0.0654. The molecular weight excluding hydrogens is 194 g/mol. The average molecular weight is 207 g/mol. The first kappa shape index (κ1) is 11.2. The van der Waals surface area contributed by atoms with Gasteiger partial charge in [-0.15, -0.1) is 0 Å². The van der Waals surface area contributed by atoms with Crippen LogP contribution in [0.15, 0.2) is 18.5 Å². The molecule has 0 aromatic carbocycles. The van der Waals surface area contributed by atoms with E-state index in [9.17, 15) is 10.1 Å². The molecule has 1 heterocycles. The third-order valence-corrected chi connectivity index (χ3v) is 1.87. The summed E-state index contributed by atoms with van der Waals surface area (Å²) in [6.07, 6.45) is 4.93. The van der Waals surface area contributed by atoms with Gasteiger partial charge >= 0.3 is 0 Å². The van der Waals surface area contributed by atoms with Crippen LogP contribution in [-0.4, -0.2) is 28.9 Å². The Morgan fingerprint density at radius 2 is 2.20 bits per heavy atom. The lowest BCUT2D eigenvalue weighted by molar-refractivity contribution is -0.385. The van der Waals surface area contributed by atoms with E-state index >= 15 is 0 Å². The van der Waals surface area contributed by atoms with E-state index in [4.69, 9.17) is 0 Å². The van der Waals surface area contributed by atoms with E-state index in [-0.39, 0.29) is 5.69 Å². The highest BCUT2D eigenvalue weighted by Crippen LogP contribution is 2.21. The zero-order valence-corrected chi connectivity index (χ0v) is 8.97. The highest BCUT2D eigenvalue weighted by Gasteiger charge is 2.15. The molecule has 1 rings (SSSR count). The Morgan fingerprint density at radius 3 is 2.73 bits per heavy atom. The molecular formula is C10H13N3O2. The summed E-state index contributed by atoms with van der Waals surface area (Å²) in [4.78, 5) is 16.2. The molecule has 80 valence electrons. The number of aryl methyl sites for hydroxylation is 1. The third-order valence-electron chi connectivity index (χ3n) is 1.87. The Morgan fingerprint density at radius 1 is 1.53 bits per heavy atom. The molecule has 0 unspecified atom stereocenters. The SMILES string of the molecule is Cc1ccnc(C=CN(C)C)c1[N+](=O)[O-]. The summed E-state index contributed by atoms with van der Waals surface area (Å²) in [6.45, 7) is 1.70. The summed E-state index contributed by atoms with van der Waals surface area (Å²) in [7, 11) is 3.69. The van der Waals surface area contributed by atoms with E-state index in [0.29, 0.717) is 11.3 Å². The van der Waals surface area contributed by atoms with Gasteiger partial charge < -0.3 is 4.90 Å². The predicted molar refractivity (Wildman–Crippen MR) is 58.3 cm³/mol. The van der Waals surface area contributed by atoms with Crippen LogP contribution in [0.4, 0.5) is 5.69 Å². The number of hydrogen-bond acceptors (Lipinski definition) is 4. The second-order valence-electron chi connectivity index (χ2n) is 3.40. The van der Waals surface area contributed by atoms with Crippen molar-refractivity contribution in [3.63, 3.8) is 0 Å². The van der Waals surface area contributed by atoms with Gasteiger partial charge in [0.25, 0.3) is 5.69 Å². The molecule has 1 aromatic rings. The third kappa shape index (κ3) is 2.77. The molecule has 0 atom stereocenters. The molecule has 0 radical (unpaired) electrons. The molecule has 1 aromatic heterocycles. The molecule has 0 fully saturated rings. The standard InChI is InChI=1S/C10H13N3O2/c1-8-4-6-11-9(5-7-12(2)3)10(8)13(14)15/h4-7H,1-3H3. The summed E-state index contributed by atoms with van der Waals surface area (Å²) in [5, 5.41) is 10.8. The minimum Gasteiger partial charge on any atom is -0.383 e. The number of rotatable bonds is 3. The lowest BCUT2D eigenvalue weighted by atomic mass is 10.2. The summed E-state index contributed by atoms with van der Waals surface area (Å²) in [6, 6.07) is 1.63. The van der Waals surface area contributed by atoms with Gasteiger partial charge in [0.05, 0.1) is 4.92 Å². The highest BCUT2D eigenvalue weighted by molar-refractivity contribution is 5.59. The molecule has 0 saturated carbocycles. The van der Waals surface area contributed by atoms with Crippen molar-refractivity contribution in [2.24, 2.45) is 0 Å². The van der Waals surface area contributed by atoms with Crippen LogP contribution in [-0.2, 0) is 0 Å². The Hall–Kier alpha value is -1.91. The molecule has 0 aliphatic carbocycles. The molecule has 5 nitrogen and oxygen atoms in total. The molecule has 0 bridgehead atoms. The fourth-order valence-electron chi connectivity index (χ4n) is 1.15. The highest BCUT2D eigenvalue weighted by atomic mass is 16.6. The first-order chi connectivity index (χ1) is 7.02. The van der Waals surface area contributed by atoms with Crippen molar-refractivity contribution in [3.8, 4) is 0 Å². The quantitative estimate of drug-likeness (QED) is 0.560. The van der Waals surface area contributed by atoms with Crippen molar-refractivity contribution < 1.29 is 4.92 Å². The maximum Gasteiger partial charge on any atom is 0.297 e. The number of hydrogen-bond donors (Lipinski definition) is 0. The lowest BCUT2D eigenvalue weighted by Gasteiger charge is -2.04. The van der Waals surface area contributed by atoms with Gasteiger partial charge in [-0.25, -0.2) is 4.98 Å². The van der Waals surface area contributed by atoms with E-state index < -0.39 is 4.92 Å². The van der Waals surface area contributed by atoms with Crippen LogP contribution in [0.1, 0.15) is 11.3 Å². The normalized spacial score (nSPS) is 10.6. The van der Waals surface area contributed by atoms with Gasteiger partial charge in [0.15, 0.2) is 0 Å². The van der Waals surface area contributed by atoms with Crippen molar-refractivity contribution in [2.45, 2.75) is 6.92 Å². The smallest absolute Gasteiger partial charge is 0.297 e. The van der Waals surface area contributed by atoms with Crippen LogP contribution in [0.3, 0.4) is 0 Å². The molecule has 5 heteroatoms. The van der Waals surface area contributed by atoms with Gasteiger partial charge in [0.1, 0.15) is 5.69 Å². The van der Waals surface area contributed by atoms with Gasteiger partial charge in [0.2, 0.25) is 0 Å². The van der Waals surface area contributed by atoms with E-state index in [1.54, 1.807) is 36.4 Å². The number of pyridine rings is 1. The lowest BCUT2D eigenvalue weighted by Crippen LogP contribution is -2.01. The fourth-order valence-corrected chi connectivity index (χ4v) is 1.15. The monoisotopic (exact) mass is 207 g/mol. The molecule has 0 saturated heterocycles. The van der Waals surface area contributed by atoms with Crippen molar-refractivity contribution in [3.05, 3.63) is 39.8 Å². The molecule has 0 spiro atoms. The van der Waals surface area contributed by atoms with Crippen LogP contribution in [0.25, 0.3) is 6.08 Å². The number of aromatic nitrogens is 1. The number of nitro groups is 1. The van der Waals surface area contributed by atoms with Crippen LogP contribution in [0.5, 0.6) is 0 Å². The molecule has 15 heavy (non-hydrogen) atoms. The summed E-state index contributed by atoms with van der Waals surface area (Å²) >= 11 is 0. The van der Waals surface area contributed by atoms with Gasteiger partial charge in [-0.3, -0.25) is 10.1 Å². The van der Waals surface area contributed by atoms with Crippen molar-refractivity contribution in [1.82, 2.24) is 9.88 Å². The van der Waals surface area contributed by atoms with Gasteiger partial charge in [-0.1, -0.05) is 0 Å². The molecule has 0 aliphatic heterocycles. The van der Waals surface area contributed by atoms with Gasteiger partial charge in [0, 0.05) is 32.1 Å². The maximum absolute atomic E-state index is 10.8. The molecule has 0 N–H and O–H groups in total. The maximum atomic E-state index is 10.8. The molecule has 0 aliphatic rings. The Kier molecular flexibility index (Phi) is 3.38. The zero-order chi connectivity index (χ0) is 11.4. The van der Waals surface area contributed by atoms with Crippen LogP contribution >= 0.6 is 0 Å². The summed E-state index contributed by atoms with van der Waals surface area (Å²) in [5.41, 5.74) is 1.07. The van der Waals surface area contributed by atoms with Crippen molar-refractivity contribution >= 4 is 11.8 Å². The Bertz CT molecular complexity index is 400. The van der Waals surface area contributed by atoms with Crippen molar-refractivity contribution in [2.75, 3.05) is 14.1 Å². The first-order valence-electron chi connectivity index (χ1n) is 4.47. The zero-order valence-electron chi connectivity index (χ0n) is 8.97. The van der Waals surface area contributed by atoms with Gasteiger partial charge in [-0.2, -0.15) is 0 Å². The van der Waals surface area contributed by atoms with Crippen molar-refractivity contribution in [1.29, 1.82) is 0 Å². The fraction of sp³-hybridized carbons (Fsp3) is 0.300. The predicted octanol–water partition coefficient (Wildman–Crippen LogP) is 1.83. The average Bonchev–Trinajstić information content (AvgIpc) is 2.13. The number of nitrogens with zero attached hydrogens (tertiary/aromatic N) is 3. The topological polar surface area (TPSA) is 59.3 Å². The van der Waals surface area contributed by atoms with Crippen LogP contribution in [0.2, 0.25) is 0 Å². The van der Waals surface area contributed by atoms with E-state index in [1.807, 2.05) is 14.1 Å². The second-order valence-corrected chi connectivity index (χ2v) is 3.40. The first-order valence-corrected chi connectivity index (χ1v) is 4.47. The van der Waals surface area contributed by atoms with Crippen LogP contribution in [0, 0.1) is 17.0 Å². The summed E-state index contributed by atoms with van der Waals surface area (Å²) < 4.78 is 0. The van der Waals surface area contributed by atoms with E-state index in [2.05, 4.69) is 4.98 Å². The largest absolute Gasteiger partial charge is 0.383 e. The summed E-state index contributed by atoms with van der Waals surface area (Å²) in [5.74, 6) is 0. The van der Waals surface area contributed by atoms with E-state index in [1.165, 1.54) is 0 Å².